The van der Waals surface area contributed by atoms with Gasteiger partial charge in [-0.05, 0) is 48.2 Å². The molecule has 0 saturated carbocycles. The second-order valence-electron chi connectivity index (χ2n) is 7.77. The monoisotopic (exact) mass is 400 g/mol. The Morgan fingerprint density at radius 1 is 1.17 bits per heavy atom. The Labute approximate surface area is 175 Å². The van der Waals surface area contributed by atoms with Gasteiger partial charge in [0.1, 0.15) is 5.82 Å². The largest absolute Gasteiger partial charge is 0.338 e. The third-order valence-electron chi connectivity index (χ3n) is 5.62. The summed E-state index contributed by atoms with van der Waals surface area (Å²) in [4.78, 5) is 35.4. The van der Waals surface area contributed by atoms with Crippen molar-refractivity contribution in [3.05, 3.63) is 78.8 Å². The van der Waals surface area contributed by atoms with Gasteiger partial charge in [0, 0.05) is 42.3 Å². The SMILES string of the molecule is C=CC(=O)Nc1ccc(C(=O)N2C[C@H](Cc3ncc4ccccc4n3)[C@@H](C)C2)cc1. The van der Waals surface area contributed by atoms with Crippen molar-refractivity contribution in [1.82, 2.24) is 14.9 Å². The standard InChI is InChI=1S/C24H24N4O2/c1-3-23(29)26-20-10-8-17(9-11-20)24(30)28-14-16(2)19(15-28)12-22-25-13-18-6-4-5-7-21(18)27-22/h3-11,13,16,19H,1,12,14-15H2,2H3,(H,26,29)/t16-,19-/m0/s1. The molecule has 1 aliphatic rings. The third kappa shape index (κ3) is 4.22. The van der Waals surface area contributed by atoms with Crippen molar-refractivity contribution < 1.29 is 9.59 Å². The highest BCUT2D eigenvalue weighted by molar-refractivity contribution is 5.99. The minimum Gasteiger partial charge on any atom is -0.338 e. The van der Waals surface area contributed by atoms with Gasteiger partial charge in [0.25, 0.3) is 5.91 Å². The molecule has 30 heavy (non-hydrogen) atoms. The second kappa shape index (κ2) is 8.45. The van der Waals surface area contributed by atoms with E-state index in [-0.39, 0.29) is 11.8 Å². The summed E-state index contributed by atoms with van der Waals surface area (Å²) in [6.07, 6.45) is 3.83. The number of nitrogens with one attached hydrogen (secondary N) is 1. The smallest absolute Gasteiger partial charge is 0.253 e. The molecule has 0 unspecified atom stereocenters. The van der Waals surface area contributed by atoms with Crippen LogP contribution in [0.4, 0.5) is 5.69 Å². The molecule has 6 heteroatoms. The summed E-state index contributed by atoms with van der Waals surface area (Å²) in [5.41, 5.74) is 2.20. The van der Waals surface area contributed by atoms with Crippen molar-refractivity contribution in [2.24, 2.45) is 11.8 Å². The summed E-state index contributed by atoms with van der Waals surface area (Å²) < 4.78 is 0. The van der Waals surface area contributed by atoms with Crippen LogP contribution in [0.25, 0.3) is 10.9 Å². The summed E-state index contributed by atoms with van der Waals surface area (Å²) in [6.45, 7) is 7.01. The fourth-order valence-corrected chi connectivity index (χ4v) is 3.88. The van der Waals surface area contributed by atoms with Crippen molar-refractivity contribution in [3.8, 4) is 0 Å². The number of aromatic nitrogens is 2. The van der Waals surface area contributed by atoms with Crippen LogP contribution in [0.15, 0.2) is 67.4 Å². The molecule has 152 valence electrons. The number of nitrogens with zero attached hydrogens (tertiary/aromatic N) is 3. The van der Waals surface area contributed by atoms with E-state index in [2.05, 4.69) is 28.8 Å². The molecule has 1 saturated heterocycles. The number of carbonyl (C=O) groups excluding carboxylic acids is 2. The van der Waals surface area contributed by atoms with Crippen LogP contribution >= 0.6 is 0 Å². The van der Waals surface area contributed by atoms with E-state index in [1.54, 1.807) is 24.3 Å². The van der Waals surface area contributed by atoms with E-state index in [0.29, 0.717) is 36.2 Å². The first-order chi connectivity index (χ1) is 14.5. The number of hydrogen-bond acceptors (Lipinski definition) is 4. The van der Waals surface area contributed by atoms with Crippen LogP contribution in [0.3, 0.4) is 0 Å². The number of anilines is 1. The van der Waals surface area contributed by atoms with Gasteiger partial charge in [-0.1, -0.05) is 31.7 Å². The molecule has 1 aliphatic heterocycles. The highest BCUT2D eigenvalue weighted by atomic mass is 16.2. The lowest BCUT2D eigenvalue weighted by Crippen LogP contribution is -2.29. The van der Waals surface area contributed by atoms with E-state index in [1.807, 2.05) is 35.4 Å². The Morgan fingerprint density at radius 2 is 1.93 bits per heavy atom. The average molecular weight is 400 g/mol. The maximum Gasteiger partial charge on any atom is 0.253 e. The molecule has 1 fully saturated rings. The van der Waals surface area contributed by atoms with Crippen LogP contribution in [0.1, 0.15) is 23.1 Å². The molecule has 0 bridgehead atoms. The summed E-state index contributed by atoms with van der Waals surface area (Å²) in [5.74, 6) is 1.24. The van der Waals surface area contributed by atoms with Crippen molar-refractivity contribution in [2.45, 2.75) is 13.3 Å². The normalized spacial score (nSPS) is 18.4. The van der Waals surface area contributed by atoms with Gasteiger partial charge in [0.2, 0.25) is 5.91 Å². The number of hydrogen-bond donors (Lipinski definition) is 1. The molecule has 2 aromatic carbocycles. The molecule has 2 atom stereocenters. The van der Waals surface area contributed by atoms with E-state index in [4.69, 9.17) is 0 Å². The van der Waals surface area contributed by atoms with E-state index < -0.39 is 0 Å². The minimum atomic E-state index is -0.277. The number of para-hydroxylation sites is 1. The predicted molar refractivity (Wildman–Crippen MR) is 117 cm³/mol. The molecular formula is C24H24N4O2. The van der Waals surface area contributed by atoms with Crippen molar-refractivity contribution in [2.75, 3.05) is 18.4 Å². The Morgan fingerprint density at radius 3 is 2.70 bits per heavy atom. The maximum atomic E-state index is 12.9. The Kier molecular flexibility index (Phi) is 5.57. The fourth-order valence-electron chi connectivity index (χ4n) is 3.88. The first kappa shape index (κ1) is 19.8. The van der Waals surface area contributed by atoms with Crippen LogP contribution in [0.5, 0.6) is 0 Å². The Balaban J connectivity index is 1.42. The van der Waals surface area contributed by atoms with Gasteiger partial charge < -0.3 is 10.2 Å². The Hall–Kier alpha value is -3.54. The zero-order chi connectivity index (χ0) is 21.1. The van der Waals surface area contributed by atoms with E-state index >= 15 is 0 Å². The van der Waals surface area contributed by atoms with E-state index in [1.165, 1.54) is 6.08 Å². The first-order valence-corrected chi connectivity index (χ1v) is 10.1. The van der Waals surface area contributed by atoms with Crippen LogP contribution < -0.4 is 5.32 Å². The van der Waals surface area contributed by atoms with Crippen LogP contribution in [-0.4, -0.2) is 39.8 Å². The van der Waals surface area contributed by atoms with Crippen molar-refractivity contribution >= 4 is 28.4 Å². The number of rotatable bonds is 5. The van der Waals surface area contributed by atoms with Crippen molar-refractivity contribution in [3.63, 3.8) is 0 Å². The van der Waals surface area contributed by atoms with Gasteiger partial charge in [-0.15, -0.1) is 0 Å². The minimum absolute atomic E-state index is 0.00498. The highest BCUT2D eigenvalue weighted by Crippen LogP contribution is 2.27. The molecule has 4 rings (SSSR count). The third-order valence-corrected chi connectivity index (χ3v) is 5.62. The van der Waals surface area contributed by atoms with Gasteiger partial charge >= 0.3 is 0 Å². The maximum absolute atomic E-state index is 12.9. The Bertz CT molecular complexity index is 1090. The fraction of sp³-hybridized carbons (Fsp3) is 0.250. The lowest BCUT2D eigenvalue weighted by Gasteiger charge is -2.17. The van der Waals surface area contributed by atoms with Crippen LogP contribution in [-0.2, 0) is 11.2 Å². The number of fused-ring (bicyclic) bond motifs is 1. The summed E-state index contributed by atoms with van der Waals surface area (Å²) >= 11 is 0. The number of likely N-dealkylation sites (tertiary alicyclic amines) is 1. The van der Waals surface area contributed by atoms with Gasteiger partial charge in [-0.2, -0.15) is 0 Å². The quantitative estimate of drug-likeness (QED) is 0.663. The zero-order valence-corrected chi connectivity index (χ0v) is 16.9. The molecule has 1 N–H and O–H groups in total. The average Bonchev–Trinajstić information content (AvgIpc) is 3.13. The molecule has 2 heterocycles. The molecule has 2 amide bonds. The van der Waals surface area contributed by atoms with Crippen molar-refractivity contribution in [1.29, 1.82) is 0 Å². The van der Waals surface area contributed by atoms with E-state index in [0.717, 1.165) is 23.1 Å². The van der Waals surface area contributed by atoms with Crippen LogP contribution in [0.2, 0.25) is 0 Å². The number of amides is 2. The summed E-state index contributed by atoms with van der Waals surface area (Å²) in [7, 11) is 0. The molecule has 0 radical (unpaired) electrons. The highest BCUT2D eigenvalue weighted by Gasteiger charge is 2.33. The first-order valence-electron chi connectivity index (χ1n) is 10.1. The number of benzene rings is 2. The molecule has 1 aromatic heterocycles. The van der Waals surface area contributed by atoms with Gasteiger partial charge in [0.05, 0.1) is 5.52 Å². The molecular weight excluding hydrogens is 376 g/mol. The van der Waals surface area contributed by atoms with Crippen LogP contribution in [0, 0.1) is 11.8 Å². The second-order valence-corrected chi connectivity index (χ2v) is 7.77. The number of carbonyl (C=O) groups is 2. The van der Waals surface area contributed by atoms with E-state index in [9.17, 15) is 9.59 Å². The van der Waals surface area contributed by atoms with Gasteiger partial charge in [0.15, 0.2) is 0 Å². The van der Waals surface area contributed by atoms with Gasteiger partial charge in [-0.3, -0.25) is 9.59 Å². The topological polar surface area (TPSA) is 75.2 Å². The summed E-state index contributed by atoms with van der Waals surface area (Å²) in [6, 6.07) is 14.9. The molecule has 3 aromatic rings. The lowest BCUT2D eigenvalue weighted by atomic mass is 9.94. The lowest BCUT2D eigenvalue weighted by molar-refractivity contribution is -0.111. The summed E-state index contributed by atoms with van der Waals surface area (Å²) in [5, 5.41) is 3.72. The molecule has 6 nitrogen and oxygen atoms in total. The van der Waals surface area contributed by atoms with Gasteiger partial charge in [-0.25, -0.2) is 9.97 Å². The molecule has 0 spiro atoms. The predicted octanol–water partition coefficient (Wildman–Crippen LogP) is 3.71. The molecule has 0 aliphatic carbocycles. The zero-order valence-electron chi connectivity index (χ0n) is 16.9.